The molecule has 1 saturated heterocycles. The number of carbonyl (C=O) groups is 2. The summed E-state index contributed by atoms with van der Waals surface area (Å²) in [5, 5.41) is 0. The largest absolute Gasteiger partial charge is 0.493 e. The highest BCUT2D eigenvalue weighted by Gasteiger charge is 2.23. The van der Waals surface area contributed by atoms with Crippen molar-refractivity contribution < 1.29 is 19.1 Å². The molecule has 1 aromatic carbocycles. The third-order valence-corrected chi connectivity index (χ3v) is 4.14. The molecule has 1 aromatic heterocycles. The number of esters is 1. The summed E-state index contributed by atoms with van der Waals surface area (Å²) in [6, 6.07) is 11.0. The SMILES string of the molecule is O=C(CCOc1ccccc1)OCC(=O)N1CCN(c2ncccn2)CC1. The predicted octanol–water partition coefficient (Wildman–Crippen LogP) is 1.14. The van der Waals surface area contributed by atoms with Crippen molar-refractivity contribution in [3.63, 3.8) is 0 Å². The number of rotatable bonds is 7. The van der Waals surface area contributed by atoms with Crippen molar-refractivity contribution in [1.29, 1.82) is 0 Å². The second-order valence-electron chi connectivity index (χ2n) is 5.99. The van der Waals surface area contributed by atoms with Gasteiger partial charge in [-0.25, -0.2) is 9.97 Å². The number of anilines is 1. The lowest BCUT2D eigenvalue weighted by Crippen LogP contribution is -2.50. The zero-order valence-electron chi connectivity index (χ0n) is 15.0. The van der Waals surface area contributed by atoms with E-state index < -0.39 is 5.97 Å². The van der Waals surface area contributed by atoms with Crippen LogP contribution in [-0.2, 0) is 14.3 Å². The summed E-state index contributed by atoms with van der Waals surface area (Å²) in [6.07, 6.45) is 3.49. The number of aromatic nitrogens is 2. The Bertz CT molecular complexity index is 734. The maximum atomic E-state index is 12.2. The molecule has 0 bridgehead atoms. The fourth-order valence-corrected chi connectivity index (χ4v) is 2.68. The van der Waals surface area contributed by atoms with E-state index in [2.05, 4.69) is 9.97 Å². The second kappa shape index (κ2) is 9.51. The summed E-state index contributed by atoms with van der Waals surface area (Å²) in [5.74, 6) is 0.715. The van der Waals surface area contributed by atoms with Crippen LogP contribution in [0.5, 0.6) is 5.75 Å². The Morgan fingerprint density at radius 3 is 2.37 bits per heavy atom. The predicted molar refractivity (Wildman–Crippen MR) is 98.3 cm³/mol. The number of piperazine rings is 1. The van der Waals surface area contributed by atoms with Gasteiger partial charge in [0.05, 0.1) is 13.0 Å². The van der Waals surface area contributed by atoms with Crippen molar-refractivity contribution in [3.8, 4) is 5.75 Å². The van der Waals surface area contributed by atoms with Crippen LogP contribution in [0.1, 0.15) is 6.42 Å². The van der Waals surface area contributed by atoms with Crippen molar-refractivity contribution >= 4 is 17.8 Å². The Morgan fingerprint density at radius 2 is 1.67 bits per heavy atom. The molecule has 0 radical (unpaired) electrons. The van der Waals surface area contributed by atoms with Crippen LogP contribution in [0, 0.1) is 0 Å². The van der Waals surface area contributed by atoms with Crippen molar-refractivity contribution in [2.24, 2.45) is 0 Å². The Hall–Kier alpha value is -3.16. The van der Waals surface area contributed by atoms with Crippen LogP contribution in [-0.4, -0.2) is 66.1 Å². The van der Waals surface area contributed by atoms with E-state index >= 15 is 0 Å². The minimum Gasteiger partial charge on any atom is -0.493 e. The van der Waals surface area contributed by atoms with E-state index in [4.69, 9.17) is 9.47 Å². The van der Waals surface area contributed by atoms with Gasteiger partial charge in [0.1, 0.15) is 5.75 Å². The summed E-state index contributed by atoms with van der Waals surface area (Å²) < 4.78 is 10.5. The zero-order chi connectivity index (χ0) is 18.9. The molecule has 27 heavy (non-hydrogen) atoms. The lowest BCUT2D eigenvalue weighted by atomic mass is 10.3. The van der Waals surface area contributed by atoms with Crippen LogP contribution in [0.25, 0.3) is 0 Å². The first-order valence-corrected chi connectivity index (χ1v) is 8.85. The summed E-state index contributed by atoms with van der Waals surface area (Å²) in [5.41, 5.74) is 0. The van der Waals surface area contributed by atoms with Crippen molar-refractivity contribution in [2.75, 3.05) is 44.3 Å². The highest BCUT2D eigenvalue weighted by molar-refractivity contribution is 5.80. The Labute approximate surface area is 157 Å². The molecule has 8 nitrogen and oxygen atoms in total. The first-order chi connectivity index (χ1) is 13.2. The third kappa shape index (κ3) is 5.67. The zero-order valence-corrected chi connectivity index (χ0v) is 15.0. The van der Waals surface area contributed by atoms with Crippen molar-refractivity contribution in [3.05, 3.63) is 48.8 Å². The molecule has 1 aliphatic rings. The molecule has 0 unspecified atom stereocenters. The fraction of sp³-hybridized carbons (Fsp3) is 0.368. The highest BCUT2D eigenvalue weighted by Crippen LogP contribution is 2.10. The number of amides is 1. The van der Waals surface area contributed by atoms with E-state index in [0.29, 0.717) is 37.9 Å². The van der Waals surface area contributed by atoms with Crippen LogP contribution in [0.3, 0.4) is 0 Å². The summed E-state index contributed by atoms with van der Waals surface area (Å²) in [6.45, 7) is 2.36. The molecule has 0 aliphatic carbocycles. The molecule has 8 heteroatoms. The molecule has 0 atom stereocenters. The van der Waals surface area contributed by atoms with Gasteiger partial charge < -0.3 is 19.3 Å². The van der Waals surface area contributed by atoms with Gasteiger partial charge in [-0.2, -0.15) is 0 Å². The molecule has 0 saturated carbocycles. The molecule has 142 valence electrons. The number of nitrogens with zero attached hydrogens (tertiary/aromatic N) is 4. The molecular weight excluding hydrogens is 348 g/mol. The minimum atomic E-state index is -0.449. The smallest absolute Gasteiger partial charge is 0.309 e. The topological polar surface area (TPSA) is 84.9 Å². The fourth-order valence-electron chi connectivity index (χ4n) is 2.68. The number of carbonyl (C=O) groups excluding carboxylic acids is 2. The van der Waals surface area contributed by atoms with Crippen LogP contribution in [0.2, 0.25) is 0 Å². The normalized spacial score (nSPS) is 13.9. The van der Waals surface area contributed by atoms with Crippen LogP contribution < -0.4 is 9.64 Å². The van der Waals surface area contributed by atoms with Crippen molar-refractivity contribution in [1.82, 2.24) is 14.9 Å². The summed E-state index contributed by atoms with van der Waals surface area (Å²) >= 11 is 0. The van der Waals surface area contributed by atoms with Gasteiger partial charge in [-0.1, -0.05) is 18.2 Å². The maximum absolute atomic E-state index is 12.2. The molecule has 3 rings (SSSR count). The number of ether oxygens (including phenoxy) is 2. The standard InChI is InChI=1S/C19H22N4O4/c24-17(15-27-18(25)7-14-26-16-5-2-1-3-6-16)22-10-12-23(13-11-22)19-20-8-4-9-21-19/h1-6,8-9H,7,10-15H2. The molecule has 2 heterocycles. The van der Waals surface area contributed by atoms with E-state index in [0.717, 1.165) is 0 Å². The van der Waals surface area contributed by atoms with E-state index in [1.807, 2.05) is 35.2 Å². The van der Waals surface area contributed by atoms with E-state index in [1.165, 1.54) is 0 Å². The van der Waals surface area contributed by atoms with Gasteiger partial charge in [0.25, 0.3) is 5.91 Å². The first-order valence-electron chi connectivity index (χ1n) is 8.85. The minimum absolute atomic E-state index is 0.0985. The number of para-hydroxylation sites is 1. The average molecular weight is 370 g/mol. The molecule has 1 fully saturated rings. The lowest BCUT2D eigenvalue weighted by Gasteiger charge is -2.34. The molecule has 0 spiro atoms. The van der Waals surface area contributed by atoms with Crippen LogP contribution in [0.15, 0.2) is 48.8 Å². The molecule has 1 amide bonds. The summed E-state index contributed by atoms with van der Waals surface area (Å²) in [4.78, 5) is 36.1. The van der Waals surface area contributed by atoms with Gasteiger partial charge >= 0.3 is 5.97 Å². The number of hydrogen-bond acceptors (Lipinski definition) is 7. The van der Waals surface area contributed by atoms with Gasteiger partial charge in [0.2, 0.25) is 5.95 Å². The number of hydrogen-bond donors (Lipinski definition) is 0. The molecular formula is C19H22N4O4. The van der Waals surface area contributed by atoms with Gasteiger partial charge in [0, 0.05) is 38.6 Å². The van der Waals surface area contributed by atoms with Gasteiger partial charge in [-0.05, 0) is 18.2 Å². The first kappa shape index (κ1) is 18.6. The Balaban J connectivity index is 1.33. The number of benzene rings is 1. The quantitative estimate of drug-likeness (QED) is 0.676. The molecule has 1 aliphatic heterocycles. The Morgan fingerprint density at radius 1 is 0.963 bits per heavy atom. The van der Waals surface area contributed by atoms with Crippen molar-refractivity contribution in [2.45, 2.75) is 6.42 Å². The Kier molecular flexibility index (Phi) is 6.56. The molecule has 2 aromatic rings. The van der Waals surface area contributed by atoms with E-state index in [-0.39, 0.29) is 25.5 Å². The summed E-state index contributed by atoms with van der Waals surface area (Å²) in [7, 11) is 0. The average Bonchev–Trinajstić information content (AvgIpc) is 2.73. The van der Waals surface area contributed by atoms with E-state index in [9.17, 15) is 9.59 Å². The van der Waals surface area contributed by atoms with Gasteiger partial charge in [-0.3, -0.25) is 9.59 Å². The van der Waals surface area contributed by atoms with Gasteiger partial charge in [0.15, 0.2) is 6.61 Å². The highest BCUT2D eigenvalue weighted by atomic mass is 16.5. The van der Waals surface area contributed by atoms with Gasteiger partial charge in [-0.15, -0.1) is 0 Å². The monoisotopic (exact) mass is 370 g/mol. The maximum Gasteiger partial charge on any atom is 0.309 e. The third-order valence-electron chi connectivity index (χ3n) is 4.14. The second-order valence-corrected chi connectivity index (χ2v) is 5.99. The van der Waals surface area contributed by atoms with E-state index in [1.54, 1.807) is 23.4 Å². The van der Waals surface area contributed by atoms with Crippen LogP contribution >= 0.6 is 0 Å². The van der Waals surface area contributed by atoms with Crippen LogP contribution in [0.4, 0.5) is 5.95 Å². The lowest BCUT2D eigenvalue weighted by molar-refractivity contribution is -0.152. The molecule has 0 N–H and O–H groups in total.